The molecule has 1 aromatic heterocycles. The minimum Gasteiger partial charge on any atom is -0.206 e. The molecule has 0 spiro atoms. The van der Waals surface area contributed by atoms with E-state index >= 15 is 0 Å². The van der Waals surface area contributed by atoms with Crippen LogP contribution < -0.4 is 4.57 Å². The van der Waals surface area contributed by atoms with Gasteiger partial charge in [-0.05, 0) is 6.92 Å². The first-order chi connectivity index (χ1) is 4.74. The van der Waals surface area contributed by atoms with Gasteiger partial charge in [-0.25, -0.2) is 4.39 Å². The van der Waals surface area contributed by atoms with Crippen molar-refractivity contribution in [2.75, 3.05) is 0 Å². The van der Waals surface area contributed by atoms with E-state index in [1.807, 2.05) is 0 Å². The maximum absolute atomic E-state index is 12.6. The molecule has 0 aliphatic heterocycles. The minimum absolute atomic E-state index is 0.520. The van der Waals surface area contributed by atoms with E-state index < -0.39 is 11.8 Å². The Hall–Kier alpha value is -0.990. The van der Waals surface area contributed by atoms with E-state index in [1.165, 1.54) is 16.8 Å². The zero-order valence-electron chi connectivity index (χ0n) is 5.64. The molecule has 1 rings (SSSR count). The van der Waals surface area contributed by atoms with Gasteiger partial charge in [0, 0.05) is 6.07 Å². The molecule has 3 heteroatoms. The number of hydrogen-bond acceptors (Lipinski definition) is 0. The van der Waals surface area contributed by atoms with Crippen LogP contribution in [0.15, 0.2) is 18.3 Å². The molecule has 0 bridgehead atoms. The summed E-state index contributed by atoms with van der Waals surface area (Å²) < 4.78 is 26.1. The Bertz CT molecular complexity index is 235. The summed E-state index contributed by atoms with van der Waals surface area (Å²) in [5.41, 5.74) is 0. The SMILES string of the molecule is CC[n+]1ccc(F)cc1F. The van der Waals surface area contributed by atoms with Crippen LogP contribution in [0.4, 0.5) is 8.78 Å². The van der Waals surface area contributed by atoms with Gasteiger partial charge in [0.15, 0.2) is 6.20 Å². The van der Waals surface area contributed by atoms with Gasteiger partial charge in [-0.2, -0.15) is 4.57 Å². The Kier molecular flexibility index (Phi) is 1.94. The molecule has 0 unspecified atom stereocenters. The van der Waals surface area contributed by atoms with Gasteiger partial charge in [-0.3, -0.25) is 0 Å². The Balaban J connectivity index is 3.07. The van der Waals surface area contributed by atoms with E-state index in [0.717, 1.165) is 6.07 Å². The van der Waals surface area contributed by atoms with Crippen LogP contribution in [-0.2, 0) is 6.54 Å². The van der Waals surface area contributed by atoms with Crippen molar-refractivity contribution in [3.8, 4) is 0 Å². The Morgan fingerprint density at radius 2 is 2.20 bits per heavy atom. The van der Waals surface area contributed by atoms with Crippen LogP contribution in [0.25, 0.3) is 0 Å². The lowest BCUT2D eigenvalue weighted by Gasteiger charge is -1.91. The lowest BCUT2D eigenvalue weighted by molar-refractivity contribution is -0.721. The van der Waals surface area contributed by atoms with Gasteiger partial charge in [-0.1, -0.05) is 0 Å². The van der Waals surface area contributed by atoms with Gasteiger partial charge in [0.05, 0.1) is 6.07 Å². The highest BCUT2D eigenvalue weighted by Crippen LogP contribution is 1.94. The molecule has 0 saturated carbocycles. The zero-order valence-corrected chi connectivity index (χ0v) is 5.64. The molecule has 1 nitrogen and oxygen atoms in total. The number of halogens is 2. The largest absolute Gasteiger partial charge is 0.362 e. The molecular formula is C7H8F2N+. The molecule has 0 amide bonds. The first-order valence-corrected chi connectivity index (χ1v) is 3.08. The van der Waals surface area contributed by atoms with Crippen LogP contribution in [0.3, 0.4) is 0 Å². The zero-order chi connectivity index (χ0) is 7.56. The number of hydrogen-bond donors (Lipinski definition) is 0. The van der Waals surface area contributed by atoms with E-state index in [0.29, 0.717) is 6.54 Å². The fourth-order valence-electron chi connectivity index (χ4n) is 0.734. The van der Waals surface area contributed by atoms with E-state index in [9.17, 15) is 8.78 Å². The number of aryl methyl sites for hydroxylation is 1. The number of nitrogens with zero attached hydrogens (tertiary/aromatic N) is 1. The normalized spacial score (nSPS) is 9.90. The molecule has 10 heavy (non-hydrogen) atoms. The van der Waals surface area contributed by atoms with Crippen molar-refractivity contribution < 1.29 is 13.3 Å². The first-order valence-electron chi connectivity index (χ1n) is 3.08. The summed E-state index contributed by atoms with van der Waals surface area (Å²) in [6.45, 7) is 2.31. The molecule has 1 aromatic rings. The maximum atomic E-state index is 12.6. The number of pyridine rings is 1. The molecule has 0 radical (unpaired) electrons. The summed E-state index contributed by atoms with van der Waals surface area (Å²) in [4.78, 5) is 0. The van der Waals surface area contributed by atoms with E-state index in [4.69, 9.17) is 0 Å². The third-order valence-corrected chi connectivity index (χ3v) is 1.29. The third-order valence-electron chi connectivity index (χ3n) is 1.29. The molecule has 0 fully saturated rings. The van der Waals surface area contributed by atoms with Gasteiger partial charge in [-0.15, -0.1) is 4.39 Å². The Morgan fingerprint density at radius 1 is 1.50 bits per heavy atom. The molecule has 0 atom stereocenters. The maximum Gasteiger partial charge on any atom is 0.362 e. The average Bonchev–Trinajstić information content (AvgIpc) is 1.88. The van der Waals surface area contributed by atoms with Crippen molar-refractivity contribution in [2.24, 2.45) is 0 Å². The van der Waals surface area contributed by atoms with Gasteiger partial charge >= 0.3 is 5.95 Å². The molecule has 0 aliphatic carbocycles. The van der Waals surface area contributed by atoms with E-state index in [1.54, 1.807) is 6.92 Å². The Morgan fingerprint density at radius 3 is 2.70 bits per heavy atom. The van der Waals surface area contributed by atoms with Crippen molar-refractivity contribution in [3.05, 3.63) is 30.1 Å². The van der Waals surface area contributed by atoms with Crippen LogP contribution >= 0.6 is 0 Å². The third kappa shape index (κ3) is 1.29. The molecule has 1 heterocycles. The van der Waals surface area contributed by atoms with Gasteiger partial charge < -0.3 is 0 Å². The van der Waals surface area contributed by atoms with Crippen LogP contribution in [-0.4, -0.2) is 0 Å². The molecule has 0 aliphatic rings. The predicted octanol–water partition coefficient (Wildman–Crippen LogP) is 1.27. The van der Waals surface area contributed by atoms with Gasteiger partial charge in [0.2, 0.25) is 0 Å². The summed E-state index contributed by atoms with van der Waals surface area (Å²) in [6, 6.07) is 2.09. The van der Waals surface area contributed by atoms with Crippen molar-refractivity contribution in [3.63, 3.8) is 0 Å². The molecular weight excluding hydrogens is 136 g/mol. The summed E-state index contributed by atoms with van der Waals surface area (Å²) in [5, 5.41) is 0. The highest BCUT2D eigenvalue weighted by molar-refractivity contribution is 4.90. The second-order valence-corrected chi connectivity index (χ2v) is 1.95. The van der Waals surface area contributed by atoms with Crippen molar-refractivity contribution in [2.45, 2.75) is 13.5 Å². The van der Waals surface area contributed by atoms with Gasteiger partial charge in [0.1, 0.15) is 12.4 Å². The van der Waals surface area contributed by atoms with Crippen LogP contribution in [0, 0.1) is 11.8 Å². The predicted molar refractivity (Wildman–Crippen MR) is 32.2 cm³/mol. The van der Waals surface area contributed by atoms with Crippen LogP contribution in [0.1, 0.15) is 6.92 Å². The number of rotatable bonds is 1. The van der Waals surface area contributed by atoms with Crippen LogP contribution in [0.5, 0.6) is 0 Å². The topological polar surface area (TPSA) is 3.88 Å². The minimum atomic E-state index is -0.540. The van der Waals surface area contributed by atoms with Crippen molar-refractivity contribution in [1.29, 1.82) is 0 Å². The summed E-state index contributed by atoms with van der Waals surface area (Å²) >= 11 is 0. The van der Waals surface area contributed by atoms with Crippen molar-refractivity contribution >= 4 is 0 Å². The fraction of sp³-hybridized carbons (Fsp3) is 0.286. The van der Waals surface area contributed by atoms with E-state index in [2.05, 4.69) is 0 Å². The molecule has 0 saturated heterocycles. The lowest BCUT2D eigenvalue weighted by Crippen LogP contribution is -2.36. The fourth-order valence-corrected chi connectivity index (χ4v) is 0.734. The quantitative estimate of drug-likeness (QED) is 0.413. The summed E-state index contributed by atoms with van der Waals surface area (Å²) in [7, 11) is 0. The second kappa shape index (κ2) is 2.73. The second-order valence-electron chi connectivity index (χ2n) is 1.95. The first kappa shape index (κ1) is 7.12. The lowest BCUT2D eigenvalue weighted by atomic mass is 10.4. The van der Waals surface area contributed by atoms with Crippen molar-refractivity contribution in [1.82, 2.24) is 0 Å². The molecule has 54 valence electrons. The highest BCUT2D eigenvalue weighted by Gasteiger charge is 2.06. The molecule has 0 aromatic carbocycles. The standard InChI is InChI=1S/C7H8F2N/c1-2-10-4-3-6(8)5-7(10)9/h3-5H,2H2,1H3/q+1. The molecule has 0 N–H and O–H groups in total. The summed E-state index contributed by atoms with van der Waals surface area (Å²) in [6.07, 6.45) is 1.38. The smallest absolute Gasteiger partial charge is 0.206 e. The average molecular weight is 144 g/mol. The summed E-state index contributed by atoms with van der Waals surface area (Å²) in [5.74, 6) is -1.08. The number of aromatic nitrogens is 1. The van der Waals surface area contributed by atoms with Gasteiger partial charge in [0.25, 0.3) is 0 Å². The Labute approximate surface area is 57.9 Å². The van der Waals surface area contributed by atoms with Crippen LogP contribution in [0.2, 0.25) is 0 Å². The highest BCUT2D eigenvalue weighted by atomic mass is 19.1. The monoisotopic (exact) mass is 144 g/mol. The van der Waals surface area contributed by atoms with E-state index in [-0.39, 0.29) is 0 Å².